The van der Waals surface area contributed by atoms with Crippen molar-refractivity contribution in [1.29, 1.82) is 0 Å². The van der Waals surface area contributed by atoms with E-state index in [-0.39, 0.29) is 12.1 Å². The molecule has 0 saturated heterocycles. The van der Waals surface area contributed by atoms with Crippen LogP contribution in [0.5, 0.6) is 0 Å². The second kappa shape index (κ2) is 7.91. The molecule has 0 fully saturated rings. The largest absolute Gasteiger partial charge is 0.462 e. The topological polar surface area (TPSA) is 91.2 Å². The van der Waals surface area contributed by atoms with Gasteiger partial charge in [0.2, 0.25) is 0 Å². The first kappa shape index (κ1) is 14.7. The quantitative estimate of drug-likeness (QED) is 0.776. The van der Waals surface area contributed by atoms with Crippen molar-refractivity contribution in [2.45, 2.75) is 13.5 Å². The molecule has 0 saturated carbocycles. The average molecular weight is 281 g/mol. The van der Waals surface area contributed by atoms with Crippen molar-refractivity contribution in [2.24, 2.45) is 0 Å². The number of hydrogen-bond donors (Lipinski definition) is 0. The number of rotatable bonds is 4. The second-order valence-corrected chi connectivity index (χ2v) is 4.14. The molecule has 0 N–H and O–H groups in total. The molecule has 0 atom stereocenters. The summed E-state index contributed by atoms with van der Waals surface area (Å²) in [7, 11) is 0. The van der Waals surface area contributed by atoms with Crippen molar-refractivity contribution in [2.75, 3.05) is 6.61 Å². The van der Waals surface area contributed by atoms with Gasteiger partial charge in [-0.1, -0.05) is 0 Å². The van der Waals surface area contributed by atoms with E-state index in [0.29, 0.717) is 18.7 Å². The number of aromatic nitrogens is 3. The fraction of sp³-hybridized carbons (Fsp3) is 0.273. The lowest BCUT2D eigenvalue weighted by Gasteiger charge is -1.97. The van der Waals surface area contributed by atoms with E-state index in [4.69, 9.17) is 14.3 Å². The van der Waals surface area contributed by atoms with Crippen LogP contribution in [-0.4, -0.2) is 33.5 Å². The minimum absolute atomic E-state index is 0.250. The Morgan fingerprint density at radius 3 is 2.84 bits per heavy atom. The molecular weight excluding hydrogens is 270 g/mol. The first-order valence-electron chi connectivity index (χ1n) is 5.28. The molecule has 2 aromatic rings. The first-order valence-corrected chi connectivity index (χ1v) is 6.16. The summed E-state index contributed by atoms with van der Waals surface area (Å²) in [4.78, 5) is 31.8. The molecule has 2 heterocycles. The van der Waals surface area contributed by atoms with Crippen LogP contribution in [0.3, 0.4) is 0 Å². The third kappa shape index (κ3) is 4.82. The molecule has 0 aliphatic heterocycles. The fourth-order valence-corrected chi connectivity index (χ4v) is 1.85. The van der Waals surface area contributed by atoms with Gasteiger partial charge in [-0.25, -0.2) is 9.78 Å². The lowest BCUT2D eigenvalue weighted by molar-refractivity contribution is -0.191. The summed E-state index contributed by atoms with van der Waals surface area (Å²) in [5.41, 5.74) is 0.471. The summed E-state index contributed by atoms with van der Waals surface area (Å²) in [6.45, 7) is 2.73. The molecule has 0 spiro atoms. The Kier molecular flexibility index (Phi) is 6.14. The van der Waals surface area contributed by atoms with Crippen LogP contribution >= 0.6 is 11.3 Å². The van der Waals surface area contributed by atoms with Gasteiger partial charge in [-0.05, 0) is 6.92 Å². The molecule has 2 rings (SSSR count). The van der Waals surface area contributed by atoms with Gasteiger partial charge >= 0.3 is 12.1 Å². The molecule has 0 radical (unpaired) electrons. The van der Waals surface area contributed by atoms with Crippen molar-refractivity contribution in [3.63, 3.8) is 0 Å². The zero-order valence-corrected chi connectivity index (χ0v) is 10.9. The Bertz CT molecular complexity index is 544. The summed E-state index contributed by atoms with van der Waals surface area (Å²) in [6.07, 6.45) is 5.17. The standard InChI is InChI=1S/C10H11N3O2S.CO2/c1-2-15-10(14)8-5-12-13(6-8)7-9-11-3-4-16-9;2-1-3/h3-6H,2,7H2,1H3;. The highest BCUT2D eigenvalue weighted by Crippen LogP contribution is 2.07. The second-order valence-electron chi connectivity index (χ2n) is 3.16. The van der Waals surface area contributed by atoms with Crippen LogP contribution in [0, 0.1) is 0 Å². The summed E-state index contributed by atoms with van der Waals surface area (Å²) in [5, 5.41) is 6.94. The monoisotopic (exact) mass is 281 g/mol. The van der Waals surface area contributed by atoms with Crippen LogP contribution in [-0.2, 0) is 20.9 Å². The molecule has 8 heteroatoms. The van der Waals surface area contributed by atoms with Crippen molar-refractivity contribution >= 4 is 23.5 Å². The highest BCUT2D eigenvalue weighted by atomic mass is 32.1. The van der Waals surface area contributed by atoms with Crippen LogP contribution in [0.4, 0.5) is 0 Å². The Labute approximate surface area is 112 Å². The maximum atomic E-state index is 11.4. The predicted octanol–water partition coefficient (Wildman–Crippen LogP) is 0.981. The van der Waals surface area contributed by atoms with Gasteiger partial charge in [0.1, 0.15) is 5.01 Å². The van der Waals surface area contributed by atoms with E-state index >= 15 is 0 Å². The fourth-order valence-electron chi connectivity index (χ4n) is 1.24. The molecule has 0 bridgehead atoms. The van der Waals surface area contributed by atoms with Gasteiger partial charge in [-0.3, -0.25) is 4.68 Å². The maximum absolute atomic E-state index is 11.4. The number of nitrogens with zero attached hydrogens (tertiary/aromatic N) is 3. The Morgan fingerprint density at radius 2 is 2.26 bits per heavy atom. The van der Waals surface area contributed by atoms with Crippen LogP contribution in [0.15, 0.2) is 24.0 Å². The minimum atomic E-state index is -0.340. The van der Waals surface area contributed by atoms with Crippen LogP contribution in [0.25, 0.3) is 0 Å². The van der Waals surface area contributed by atoms with Crippen LogP contribution in [0.1, 0.15) is 22.3 Å². The van der Waals surface area contributed by atoms with Crippen LogP contribution < -0.4 is 0 Å². The normalized spacial score (nSPS) is 9.11. The summed E-state index contributed by atoms with van der Waals surface area (Å²) >= 11 is 1.56. The number of thiazole rings is 1. The molecule has 0 aromatic carbocycles. The first-order chi connectivity index (χ1) is 9.21. The van der Waals surface area contributed by atoms with Gasteiger partial charge in [-0.15, -0.1) is 11.3 Å². The smallest absolute Gasteiger partial charge is 0.373 e. The number of hydrogen-bond acceptors (Lipinski definition) is 7. The molecule has 0 unspecified atom stereocenters. The lowest BCUT2D eigenvalue weighted by Crippen LogP contribution is -2.03. The Morgan fingerprint density at radius 1 is 1.53 bits per heavy atom. The molecule has 2 aromatic heterocycles. The number of ether oxygens (including phenoxy) is 1. The van der Waals surface area contributed by atoms with E-state index < -0.39 is 0 Å². The van der Waals surface area contributed by atoms with E-state index in [1.165, 1.54) is 6.20 Å². The zero-order valence-electron chi connectivity index (χ0n) is 10.1. The third-order valence-corrected chi connectivity index (χ3v) is 2.69. The molecule has 19 heavy (non-hydrogen) atoms. The Balaban J connectivity index is 0.000000550. The van der Waals surface area contributed by atoms with Gasteiger partial charge in [0.05, 0.1) is 24.9 Å². The highest BCUT2D eigenvalue weighted by Gasteiger charge is 2.09. The highest BCUT2D eigenvalue weighted by molar-refractivity contribution is 7.09. The molecule has 7 nitrogen and oxygen atoms in total. The van der Waals surface area contributed by atoms with E-state index in [9.17, 15) is 4.79 Å². The van der Waals surface area contributed by atoms with Crippen molar-refractivity contribution in [1.82, 2.24) is 14.8 Å². The summed E-state index contributed by atoms with van der Waals surface area (Å²) in [6, 6.07) is 0. The van der Waals surface area contributed by atoms with Crippen molar-refractivity contribution in [3.05, 3.63) is 34.5 Å². The average Bonchev–Trinajstić information content (AvgIpc) is 3.02. The molecular formula is C11H11N3O4S. The van der Waals surface area contributed by atoms with Gasteiger partial charge in [-0.2, -0.15) is 14.7 Å². The van der Waals surface area contributed by atoms with E-state index in [1.807, 2.05) is 5.38 Å². The van der Waals surface area contributed by atoms with Crippen molar-refractivity contribution < 1.29 is 19.1 Å². The predicted molar refractivity (Wildman–Crippen MR) is 64.4 cm³/mol. The zero-order chi connectivity index (χ0) is 14.1. The summed E-state index contributed by atoms with van der Waals surface area (Å²) < 4.78 is 6.54. The molecule has 0 aliphatic carbocycles. The van der Waals surface area contributed by atoms with Gasteiger partial charge in [0.25, 0.3) is 0 Å². The maximum Gasteiger partial charge on any atom is 0.373 e. The molecule has 0 aliphatic rings. The summed E-state index contributed by atoms with van der Waals surface area (Å²) in [5.74, 6) is -0.340. The van der Waals surface area contributed by atoms with Gasteiger partial charge < -0.3 is 4.74 Å². The van der Waals surface area contributed by atoms with Crippen LogP contribution in [0.2, 0.25) is 0 Å². The number of esters is 1. The van der Waals surface area contributed by atoms with E-state index in [2.05, 4.69) is 10.1 Å². The van der Waals surface area contributed by atoms with Crippen molar-refractivity contribution in [3.8, 4) is 0 Å². The van der Waals surface area contributed by atoms with E-state index in [0.717, 1.165) is 5.01 Å². The lowest BCUT2D eigenvalue weighted by atomic mass is 10.4. The number of carbonyl (C=O) groups is 1. The van der Waals surface area contributed by atoms with E-state index in [1.54, 1.807) is 35.3 Å². The molecule has 0 amide bonds. The Hall–Kier alpha value is -2.31. The van der Waals surface area contributed by atoms with Gasteiger partial charge in [0, 0.05) is 17.8 Å². The molecule has 100 valence electrons. The third-order valence-electron chi connectivity index (χ3n) is 1.93. The minimum Gasteiger partial charge on any atom is -0.462 e. The SMILES string of the molecule is CCOC(=O)c1cnn(Cc2nccs2)c1.O=C=O. The van der Waals surface area contributed by atoms with Gasteiger partial charge in [0.15, 0.2) is 0 Å². The number of carbonyl (C=O) groups excluding carboxylic acids is 3.